The van der Waals surface area contributed by atoms with Crippen molar-refractivity contribution in [2.45, 2.75) is 6.10 Å². The van der Waals surface area contributed by atoms with Gasteiger partial charge in [0.05, 0.1) is 24.4 Å². The van der Waals surface area contributed by atoms with E-state index >= 15 is 0 Å². The minimum Gasteiger partial charge on any atom is -0.485 e. The molecule has 16 heavy (non-hydrogen) atoms. The van der Waals surface area contributed by atoms with E-state index in [2.05, 4.69) is 4.98 Å². The Kier molecular flexibility index (Phi) is 2.15. The minimum absolute atomic E-state index is 0.159. The highest BCUT2D eigenvalue weighted by molar-refractivity contribution is 5.93. The smallest absolute Gasteiger partial charge is 0.145 e. The molecule has 1 fully saturated rings. The maximum atomic E-state index is 5.86. The predicted octanol–water partition coefficient (Wildman–Crippen LogP) is 1.59. The molecule has 1 aromatic heterocycles. The van der Waals surface area contributed by atoms with E-state index in [-0.39, 0.29) is 6.10 Å². The maximum Gasteiger partial charge on any atom is 0.145 e. The van der Waals surface area contributed by atoms with Crippen LogP contribution in [0.4, 0.5) is 5.69 Å². The zero-order valence-corrected chi connectivity index (χ0v) is 8.72. The molecular formula is C12H12N2O2. The standard InChI is InChI=1S/C12H12N2O2/c13-10-3-4-11(16-8-6-15-7-8)9-2-1-5-14-12(9)10/h1-5,8H,6-7,13H2. The summed E-state index contributed by atoms with van der Waals surface area (Å²) in [6.45, 7) is 1.32. The van der Waals surface area contributed by atoms with Gasteiger partial charge in [-0.1, -0.05) is 0 Å². The fourth-order valence-electron chi connectivity index (χ4n) is 1.73. The van der Waals surface area contributed by atoms with Crippen molar-refractivity contribution < 1.29 is 9.47 Å². The van der Waals surface area contributed by atoms with Crippen LogP contribution in [0.3, 0.4) is 0 Å². The molecule has 0 saturated carbocycles. The third kappa shape index (κ3) is 1.47. The molecule has 4 heteroatoms. The van der Waals surface area contributed by atoms with E-state index in [0.717, 1.165) is 16.7 Å². The van der Waals surface area contributed by atoms with Crippen LogP contribution in [0.25, 0.3) is 10.9 Å². The largest absolute Gasteiger partial charge is 0.485 e. The minimum atomic E-state index is 0.159. The summed E-state index contributed by atoms with van der Waals surface area (Å²) < 4.78 is 10.9. The SMILES string of the molecule is Nc1ccc(OC2COC2)c2cccnc12. The molecule has 1 aliphatic heterocycles. The number of hydrogen-bond donors (Lipinski definition) is 1. The molecule has 0 radical (unpaired) electrons. The lowest BCUT2D eigenvalue weighted by atomic mass is 10.1. The molecule has 2 N–H and O–H groups in total. The second kappa shape index (κ2) is 3.64. The monoisotopic (exact) mass is 216 g/mol. The molecule has 0 atom stereocenters. The molecule has 82 valence electrons. The van der Waals surface area contributed by atoms with Crippen LogP contribution in [-0.4, -0.2) is 24.3 Å². The molecule has 3 rings (SSSR count). The fourth-order valence-corrected chi connectivity index (χ4v) is 1.73. The van der Waals surface area contributed by atoms with Crippen LogP contribution in [0.5, 0.6) is 5.75 Å². The van der Waals surface area contributed by atoms with Gasteiger partial charge in [0.15, 0.2) is 0 Å². The summed E-state index contributed by atoms with van der Waals surface area (Å²) >= 11 is 0. The Labute approximate surface area is 93.0 Å². The van der Waals surface area contributed by atoms with Gasteiger partial charge in [-0.05, 0) is 24.3 Å². The highest BCUT2D eigenvalue weighted by Crippen LogP contribution is 2.29. The average molecular weight is 216 g/mol. The molecular weight excluding hydrogens is 204 g/mol. The maximum absolute atomic E-state index is 5.86. The van der Waals surface area contributed by atoms with Gasteiger partial charge in [0.2, 0.25) is 0 Å². The average Bonchev–Trinajstić information content (AvgIpc) is 2.26. The molecule has 1 saturated heterocycles. The van der Waals surface area contributed by atoms with E-state index in [1.165, 1.54) is 0 Å². The van der Waals surface area contributed by atoms with E-state index in [1.807, 2.05) is 24.3 Å². The zero-order valence-electron chi connectivity index (χ0n) is 8.72. The molecule has 0 bridgehead atoms. The highest BCUT2D eigenvalue weighted by Gasteiger charge is 2.21. The molecule has 2 aromatic rings. The van der Waals surface area contributed by atoms with Crippen molar-refractivity contribution in [1.82, 2.24) is 4.98 Å². The molecule has 1 aliphatic rings. The molecule has 4 nitrogen and oxygen atoms in total. The number of anilines is 1. The second-order valence-corrected chi connectivity index (χ2v) is 3.83. The van der Waals surface area contributed by atoms with E-state index in [4.69, 9.17) is 15.2 Å². The lowest BCUT2D eigenvalue weighted by molar-refractivity contribution is -0.0791. The van der Waals surface area contributed by atoms with Crippen molar-refractivity contribution in [3.63, 3.8) is 0 Å². The quantitative estimate of drug-likeness (QED) is 0.774. The highest BCUT2D eigenvalue weighted by atomic mass is 16.6. The van der Waals surface area contributed by atoms with Gasteiger partial charge in [-0.15, -0.1) is 0 Å². The third-order valence-corrected chi connectivity index (χ3v) is 2.66. The molecule has 0 aliphatic carbocycles. The first-order valence-electron chi connectivity index (χ1n) is 5.22. The number of hydrogen-bond acceptors (Lipinski definition) is 4. The fraction of sp³-hybridized carbons (Fsp3) is 0.250. The Hall–Kier alpha value is -1.81. The predicted molar refractivity (Wildman–Crippen MR) is 61.4 cm³/mol. The van der Waals surface area contributed by atoms with Crippen LogP contribution in [0.1, 0.15) is 0 Å². The number of rotatable bonds is 2. The Balaban J connectivity index is 2.06. The van der Waals surface area contributed by atoms with Crippen molar-refractivity contribution in [1.29, 1.82) is 0 Å². The summed E-state index contributed by atoms with van der Waals surface area (Å²) in [6.07, 6.45) is 1.89. The third-order valence-electron chi connectivity index (χ3n) is 2.66. The van der Waals surface area contributed by atoms with Gasteiger partial charge in [-0.3, -0.25) is 4.98 Å². The molecule has 1 aromatic carbocycles. The van der Waals surface area contributed by atoms with E-state index in [9.17, 15) is 0 Å². The number of aromatic nitrogens is 1. The number of fused-ring (bicyclic) bond motifs is 1. The zero-order chi connectivity index (χ0) is 11.0. The van der Waals surface area contributed by atoms with Gasteiger partial charge in [0.25, 0.3) is 0 Å². The number of pyridine rings is 1. The van der Waals surface area contributed by atoms with Crippen molar-refractivity contribution in [3.05, 3.63) is 30.5 Å². The van der Waals surface area contributed by atoms with Gasteiger partial charge in [-0.25, -0.2) is 0 Å². The van der Waals surface area contributed by atoms with Gasteiger partial charge in [-0.2, -0.15) is 0 Å². The summed E-state index contributed by atoms with van der Waals surface area (Å²) in [5.74, 6) is 0.825. The van der Waals surface area contributed by atoms with Crippen molar-refractivity contribution in [3.8, 4) is 5.75 Å². The number of nitrogen functional groups attached to an aromatic ring is 1. The van der Waals surface area contributed by atoms with Crippen LogP contribution in [0, 0.1) is 0 Å². The number of benzene rings is 1. The van der Waals surface area contributed by atoms with Gasteiger partial charge < -0.3 is 15.2 Å². The number of ether oxygens (including phenoxy) is 2. The second-order valence-electron chi connectivity index (χ2n) is 3.83. The summed E-state index contributed by atoms with van der Waals surface area (Å²) in [6, 6.07) is 7.56. The van der Waals surface area contributed by atoms with E-state index in [1.54, 1.807) is 6.20 Å². The van der Waals surface area contributed by atoms with Gasteiger partial charge >= 0.3 is 0 Å². The first kappa shape index (κ1) is 9.42. The van der Waals surface area contributed by atoms with E-state index in [0.29, 0.717) is 18.9 Å². The van der Waals surface area contributed by atoms with Crippen LogP contribution in [-0.2, 0) is 4.74 Å². The molecule has 0 amide bonds. The van der Waals surface area contributed by atoms with Crippen molar-refractivity contribution in [2.75, 3.05) is 18.9 Å². The van der Waals surface area contributed by atoms with Crippen LogP contribution >= 0.6 is 0 Å². The number of nitrogens with two attached hydrogens (primary N) is 1. The summed E-state index contributed by atoms with van der Waals surface area (Å²) in [4.78, 5) is 4.26. The first-order chi connectivity index (χ1) is 7.84. The number of nitrogens with zero attached hydrogens (tertiary/aromatic N) is 1. The topological polar surface area (TPSA) is 57.4 Å². The molecule has 2 heterocycles. The Morgan fingerprint density at radius 2 is 2.19 bits per heavy atom. The Morgan fingerprint density at radius 1 is 1.31 bits per heavy atom. The van der Waals surface area contributed by atoms with Crippen molar-refractivity contribution in [2.24, 2.45) is 0 Å². The van der Waals surface area contributed by atoms with Crippen LogP contribution in [0.15, 0.2) is 30.5 Å². The summed E-state index contributed by atoms with van der Waals surface area (Å²) in [7, 11) is 0. The van der Waals surface area contributed by atoms with E-state index < -0.39 is 0 Å². The first-order valence-corrected chi connectivity index (χ1v) is 5.22. The Morgan fingerprint density at radius 3 is 2.94 bits per heavy atom. The van der Waals surface area contributed by atoms with Gasteiger partial charge in [0, 0.05) is 11.6 Å². The van der Waals surface area contributed by atoms with Gasteiger partial charge in [0.1, 0.15) is 11.9 Å². The lowest BCUT2D eigenvalue weighted by Gasteiger charge is -2.27. The van der Waals surface area contributed by atoms with Crippen LogP contribution in [0.2, 0.25) is 0 Å². The molecule has 0 spiro atoms. The normalized spacial score (nSPS) is 16.0. The van der Waals surface area contributed by atoms with Crippen molar-refractivity contribution >= 4 is 16.6 Å². The summed E-state index contributed by atoms with van der Waals surface area (Å²) in [5.41, 5.74) is 7.33. The summed E-state index contributed by atoms with van der Waals surface area (Å²) in [5, 5.41) is 0.953. The van der Waals surface area contributed by atoms with Crippen LogP contribution < -0.4 is 10.5 Å². The Bertz CT molecular complexity index is 523. The lowest BCUT2D eigenvalue weighted by Crippen LogP contribution is -2.38. The molecule has 0 unspecified atom stereocenters.